The van der Waals surface area contributed by atoms with E-state index in [1.807, 2.05) is 30.3 Å². The number of nitrogens with two attached hydrogens (primary N) is 1. The summed E-state index contributed by atoms with van der Waals surface area (Å²) < 4.78 is 0. The van der Waals surface area contributed by atoms with Crippen LogP contribution in [0.15, 0.2) is 42.5 Å². The molecule has 2 atom stereocenters. The van der Waals surface area contributed by atoms with Crippen LogP contribution < -0.4 is 11.1 Å². The molecule has 0 saturated heterocycles. The number of nitrogens with one attached hydrogen (secondary N) is 1. The summed E-state index contributed by atoms with van der Waals surface area (Å²) in [7, 11) is 0. The van der Waals surface area contributed by atoms with Crippen LogP contribution in [-0.2, 0) is 14.4 Å². The van der Waals surface area contributed by atoms with Crippen molar-refractivity contribution in [2.24, 2.45) is 0 Å². The summed E-state index contributed by atoms with van der Waals surface area (Å²) in [5.41, 5.74) is 8.03. The molecular weight excluding hydrogens is 475 g/mol. The first kappa shape index (κ1) is 28.2. The second-order valence-electron chi connectivity index (χ2n) is 7.07. The van der Waals surface area contributed by atoms with Crippen LogP contribution in [-0.4, -0.2) is 58.0 Å². The van der Waals surface area contributed by atoms with Crippen molar-refractivity contribution in [3.05, 3.63) is 63.6 Å². The molecule has 11 heteroatoms. The van der Waals surface area contributed by atoms with Crippen molar-refractivity contribution in [2.45, 2.75) is 24.7 Å². The van der Waals surface area contributed by atoms with Gasteiger partial charge in [-0.05, 0) is 41.5 Å². The summed E-state index contributed by atoms with van der Waals surface area (Å²) in [5.74, 6) is -4.71. The Balaban J connectivity index is 0.000000801. The van der Waals surface area contributed by atoms with E-state index in [1.54, 1.807) is 12.1 Å². The summed E-state index contributed by atoms with van der Waals surface area (Å²) in [4.78, 5) is 29.6. The second-order valence-corrected chi connectivity index (χ2v) is 7.89. The fourth-order valence-electron chi connectivity index (χ4n) is 3.15. The average molecular weight is 501 g/mol. The highest BCUT2D eigenvalue weighted by atomic mass is 35.5. The number of anilines is 1. The van der Waals surface area contributed by atoms with Crippen molar-refractivity contribution in [1.82, 2.24) is 5.32 Å². The van der Waals surface area contributed by atoms with Crippen molar-refractivity contribution >= 4 is 46.8 Å². The molecule has 33 heavy (non-hydrogen) atoms. The standard InChI is InChI=1S/C20H24Cl2N2O3.C2H2O4/c21-17-9-15(10-18(22)20(17)23)16(12-24-6-7-25)8-14(11-19(26)27)13-4-2-1-3-5-13;3-1(4)2(5)6/h1-5,9-10,14,16,24-25H,6-8,11-12,23H2,(H,26,27);(H,3,4)(H,5,6). The van der Waals surface area contributed by atoms with Gasteiger partial charge in [0.1, 0.15) is 0 Å². The fourth-order valence-corrected chi connectivity index (χ4v) is 3.65. The van der Waals surface area contributed by atoms with E-state index in [0.717, 1.165) is 11.1 Å². The zero-order valence-electron chi connectivity index (χ0n) is 17.6. The van der Waals surface area contributed by atoms with Gasteiger partial charge >= 0.3 is 17.9 Å². The smallest absolute Gasteiger partial charge is 0.414 e. The predicted octanol–water partition coefficient (Wildman–Crippen LogP) is 3.05. The van der Waals surface area contributed by atoms with E-state index in [9.17, 15) is 9.90 Å². The third kappa shape index (κ3) is 10.1. The molecule has 0 aliphatic heterocycles. The number of hydrogen-bond acceptors (Lipinski definition) is 6. The van der Waals surface area contributed by atoms with E-state index in [1.165, 1.54) is 0 Å². The molecule has 9 nitrogen and oxygen atoms in total. The average Bonchev–Trinajstić information content (AvgIpc) is 2.76. The van der Waals surface area contributed by atoms with Crippen molar-refractivity contribution in [1.29, 1.82) is 0 Å². The number of benzene rings is 2. The number of carboxylic acids is 3. The zero-order valence-corrected chi connectivity index (χ0v) is 19.1. The van der Waals surface area contributed by atoms with Crippen molar-refractivity contribution in [3.8, 4) is 0 Å². The predicted molar refractivity (Wildman–Crippen MR) is 125 cm³/mol. The van der Waals surface area contributed by atoms with Crippen LogP contribution in [0.1, 0.15) is 35.8 Å². The van der Waals surface area contributed by atoms with Crippen LogP contribution in [0.3, 0.4) is 0 Å². The highest BCUT2D eigenvalue weighted by Gasteiger charge is 2.23. The van der Waals surface area contributed by atoms with Crippen LogP contribution >= 0.6 is 23.2 Å². The molecule has 0 bridgehead atoms. The Morgan fingerprint density at radius 2 is 1.45 bits per heavy atom. The number of nitrogen functional groups attached to an aromatic ring is 1. The van der Waals surface area contributed by atoms with Gasteiger partial charge in [-0.1, -0.05) is 53.5 Å². The van der Waals surface area contributed by atoms with E-state index in [2.05, 4.69) is 5.32 Å². The van der Waals surface area contributed by atoms with Crippen LogP contribution in [0.25, 0.3) is 0 Å². The van der Waals surface area contributed by atoms with Gasteiger partial charge in [0.2, 0.25) is 0 Å². The molecule has 0 amide bonds. The monoisotopic (exact) mass is 500 g/mol. The fraction of sp³-hybridized carbons (Fsp3) is 0.318. The molecule has 2 aromatic carbocycles. The first-order valence-electron chi connectivity index (χ1n) is 9.85. The van der Waals surface area contributed by atoms with Crippen molar-refractivity contribution in [2.75, 3.05) is 25.4 Å². The summed E-state index contributed by atoms with van der Waals surface area (Å²) >= 11 is 12.4. The molecule has 0 radical (unpaired) electrons. The largest absolute Gasteiger partial charge is 0.481 e. The minimum Gasteiger partial charge on any atom is -0.481 e. The van der Waals surface area contributed by atoms with Gasteiger partial charge in [-0.3, -0.25) is 4.79 Å². The van der Waals surface area contributed by atoms with Crippen LogP contribution in [0.5, 0.6) is 0 Å². The lowest BCUT2D eigenvalue weighted by molar-refractivity contribution is -0.159. The Morgan fingerprint density at radius 1 is 0.909 bits per heavy atom. The third-order valence-electron chi connectivity index (χ3n) is 4.70. The molecule has 0 heterocycles. The molecular formula is C22H26Cl2N2O7. The molecule has 7 N–H and O–H groups in total. The first-order valence-corrected chi connectivity index (χ1v) is 10.6. The van der Waals surface area contributed by atoms with Gasteiger partial charge < -0.3 is 31.5 Å². The van der Waals surface area contributed by atoms with Crippen LogP contribution in [0, 0.1) is 0 Å². The van der Waals surface area contributed by atoms with Crippen molar-refractivity contribution in [3.63, 3.8) is 0 Å². The number of carboxylic acid groups (broad SMARTS) is 3. The van der Waals surface area contributed by atoms with Gasteiger partial charge in [0.05, 0.1) is 28.8 Å². The number of halogens is 2. The molecule has 180 valence electrons. The second kappa shape index (κ2) is 14.3. The van der Waals surface area contributed by atoms with Crippen molar-refractivity contribution < 1.29 is 34.8 Å². The highest BCUT2D eigenvalue weighted by molar-refractivity contribution is 6.38. The molecule has 2 aromatic rings. The van der Waals surface area contributed by atoms with E-state index in [-0.39, 0.29) is 24.9 Å². The lowest BCUT2D eigenvalue weighted by Crippen LogP contribution is -2.26. The number of rotatable bonds is 10. The number of aliphatic hydroxyl groups is 1. The number of carbonyl (C=O) groups is 3. The van der Waals surface area contributed by atoms with Gasteiger partial charge in [-0.25, -0.2) is 9.59 Å². The molecule has 0 aliphatic carbocycles. The maximum absolute atomic E-state index is 11.4. The third-order valence-corrected chi connectivity index (χ3v) is 5.32. The Labute approximate surface area is 200 Å². The number of aliphatic hydroxyl groups excluding tert-OH is 1. The Hall–Kier alpha value is -2.85. The van der Waals surface area contributed by atoms with Gasteiger partial charge in [0, 0.05) is 13.1 Å². The van der Waals surface area contributed by atoms with Gasteiger partial charge in [0.15, 0.2) is 0 Å². The zero-order chi connectivity index (χ0) is 25.0. The molecule has 0 aliphatic rings. The molecule has 2 rings (SSSR count). The summed E-state index contributed by atoms with van der Waals surface area (Å²) in [6.07, 6.45) is 0.613. The molecule has 0 spiro atoms. The molecule has 2 unspecified atom stereocenters. The first-order chi connectivity index (χ1) is 15.6. The van der Waals surface area contributed by atoms with Crippen LogP contribution in [0.2, 0.25) is 10.0 Å². The lowest BCUT2D eigenvalue weighted by Gasteiger charge is -2.24. The summed E-state index contributed by atoms with van der Waals surface area (Å²) in [6.45, 7) is 1.02. The Bertz CT molecular complexity index is 907. The minimum absolute atomic E-state index is 0.0210. The van der Waals surface area contributed by atoms with Crippen LogP contribution in [0.4, 0.5) is 5.69 Å². The molecule has 0 fully saturated rings. The lowest BCUT2D eigenvalue weighted by atomic mass is 9.83. The van der Waals surface area contributed by atoms with E-state index in [0.29, 0.717) is 35.2 Å². The molecule has 0 saturated carbocycles. The number of hydrogen-bond donors (Lipinski definition) is 6. The van der Waals surface area contributed by atoms with Gasteiger partial charge in [-0.2, -0.15) is 0 Å². The van der Waals surface area contributed by atoms with E-state index in [4.69, 9.17) is 53.8 Å². The van der Waals surface area contributed by atoms with Gasteiger partial charge in [0.25, 0.3) is 0 Å². The minimum atomic E-state index is -1.82. The SMILES string of the molecule is Nc1c(Cl)cc(C(CNCCO)CC(CC(=O)O)c2ccccc2)cc1Cl.O=C(O)C(=O)O. The summed E-state index contributed by atoms with van der Waals surface area (Å²) in [6, 6.07) is 13.1. The van der Waals surface area contributed by atoms with E-state index >= 15 is 0 Å². The maximum Gasteiger partial charge on any atom is 0.414 e. The van der Waals surface area contributed by atoms with Gasteiger partial charge in [-0.15, -0.1) is 0 Å². The van der Waals surface area contributed by atoms with E-state index < -0.39 is 17.9 Å². The number of aliphatic carboxylic acids is 3. The topological polar surface area (TPSA) is 170 Å². The Kier molecular flexibility index (Phi) is 12.2. The molecule has 0 aromatic heterocycles. The quantitative estimate of drug-likeness (QED) is 0.163. The highest BCUT2D eigenvalue weighted by Crippen LogP contribution is 2.37. The Morgan fingerprint density at radius 3 is 1.91 bits per heavy atom. The summed E-state index contributed by atoms with van der Waals surface area (Å²) in [5, 5.41) is 37.1. The normalized spacial score (nSPS) is 12.2. The maximum atomic E-state index is 11.4.